The number of rotatable bonds is 6. The maximum atomic E-state index is 11.9. The minimum absolute atomic E-state index is 0.281. The Bertz CT molecular complexity index is 435. The van der Waals surface area contributed by atoms with Gasteiger partial charge in [-0.15, -0.1) is 0 Å². The van der Waals surface area contributed by atoms with Gasteiger partial charge in [-0.1, -0.05) is 41.8 Å². The highest BCUT2D eigenvalue weighted by Crippen LogP contribution is 2.12. The Hall–Kier alpha value is -1.36. The molecule has 0 unspecified atom stereocenters. The van der Waals surface area contributed by atoms with Gasteiger partial charge >= 0.3 is 0 Å². The quantitative estimate of drug-likeness (QED) is 0.845. The van der Waals surface area contributed by atoms with Crippen LogP contribution in [0.15, 0.2) is 28.7 Å². The number of hydrogen-bond donors (Lipinski definition) is 2. The predicted octanol–water partition coefficient (Wildman–Crippen LogP) is 2.22. The second-order valence-corrected chi connectivity index (χ2v) is 5.00. The second kappa shape index (κ2) is 7.16. The van der Waals surface area contributed by atoms with E-state index in [1.807, 2.05) is 13.0 Å². The molecule has 0 aliphatic rings. The Morgan fingerprint density at radius 3 is 2.72 bits per heavy atom. The van der Waals surface area contributed by atoms with Gasteiger partial charge in [0, 0.05) is 10.0 Å². The van der Waals surface area contributed by atoms with Crippen LogP contribution >= 0.6 is 15.9 Å². The molecule has 2 amide bonds. The van der Waals surface area contributed by atoms with Crippen LogP contribution < -0.4 is 11.1 Å². The number of unbranched alkanes of at least 4 members (excludes halogenated alkanes) is 1. The third-order valence-electron chi connectivity index (χ3n) is 2.58. The van der Waals surface area contributed by atoms with Crippen molar-refractivity contribution in [3.8, 4) is 0 Å². The van der Waals surface area contributed by atoms with Crippen molar-refractivity contribution in [2.24, 2.45) is 5.73 Å². The molecule has 5 heteroatoms. The molecule has 3 N–H and O–H groups in total. The first-order chi connectivity index (χ1) is 8.54. The van der Waals surface area contributed by atoms with Crippen LogP contribution in [0.4, 0.5) is 0 Å². The number of hydrogen-bond acceptors (Lipinski definition) is 2. The van der Waals surface area contributed by atoms with Crippen LogP contribution in [-0.2, 0) is 4.79 Å². The van der Waals surface area contributed by atoms with Crippen molar-refractivity contribution in [2.45, 2.75) is 32.2 Å². The van der Waals surface area contributed by atoms with Crippen molar-refractivity contribution in [3.63, 3.8) is 0 Å². The number of nitrogens with one attached hydrogen (secondary N) is 1. The molecule has 1 rings (SSSR count). The van der Waals surface area contributed by atoms with E-state index < -0.39 is 11.9 Å². The van der Waals surface area contributed by atoms with Crippen molar-refractivity contribution in [1.82, 2.24) is 5.32 Å². The fourth-order valence-electron chi connectivity index (χ4n) is 1.57. The van der Waals surface area contributed by atoms with Gasteiger partial charge in [-0.25, -0.2) is 0 Å². The minimum Gasteiger partial charge on any atom is -0.368 e. The summed E-state index contributed by atoms with van der Waals surface area (Å²) in [6.45, 7) is 2.02. The topological polar surface area (TPSA) is 72.2 Å². The molecule has 0 saturated heterocycles. The van der Waals surface area contributed by atoms with E-state index >= 15 is 0 Å². The zero-order valence-corrected chi connectivity index (χ0v) is 11.9. The monoisotopic (exact) mass is 312 g/mol. The predicted molar refractivity (Wildman–Crippen MR) is 74.1 cm³/mol. The summed E-state index contributed by atoms with van der Waals surface area (Å²) in [5.41, 5.74) is 5.78. The largest absolute Gasteiger partial charge is 0.368 e. The van der Waals surface area contributed by atoms with Gasteiger partial charge in [0.15, 0.2) is 0 Å². The average Bonchev–Trinajstić information content (AvgIpc) is 2.33. The first kappa shape index (κ1) is 14.7. The smallest absolute Gasteiger partial charge is 0.251 e. The zero-order valence-electron chi connectivity index (χ0n) is 10.3. The van der Waals surface area contributed by atoms with Gasteiger partial charge in [0.05, 0.1) is 0 Å². The molecule has 0 saturated carbocycles. The number of carbonyl (C=O) groups excluding carboxylic acids is 2. The normalized spacial score (nSPS) is 11.9. The van der Waals surface area contributed by atoms with E-state index in [1.165, 1.54) is 0 Å². The zero-order chi connectivity index (χ0) is 13.5. The molecule has 0 bridgehead atoms. The molecule has 0 spiro atoms. The summed E-state index contributed by atoms with van der Waals surface area (Å²) in [6, 6.07) is 6.39. The van der Waals surface area contributed by atoms with E-state index in [-0.39, 0.29) is 5.91 Å². The summed E-state index contributed by atoms with van der Waals surface area (Å²) in [7, 11) is 0. The van der Waals surface area contributed by atoms with Crippen LogP contribution in [0.1, 0.15) is 36.5 Å². The van der Waals surface area contributed by atoms with Crippen LogP contribution in [0.5, 0.6) is 0 Å². The lowest BCUT2D eigenvalue weighted by molar-refractivity contribution is -0.120. The van der Waals surface area contributed by atoms with Crippen molar-refractivity contribution >= 4 is 27.7 Å². The highest BCUT2D eigenvalue weighted by Gasteiger charge is 2.18. The maximum Gasteiger partial charge on any atom is 0.251 e. The van der Waals surface area contributed by atoms with Crippen LogP contribution in [-0.4, -0.2) is 17.9 Å². The Labute approximate surface area is 115 Å². The van der Waals surface area contributed by atoms with Crippen LogP contribution in [0.3, 0.4) is 0 Å². The number of benzene rings is 1. The molecule has 0 aromatic heterocycles. The molecule has 1 aromatic rings. The van der Waals surface area contributed by atoms with Crippen LogP contribution in [0.2, 0.25) is 0 Å². The number of amides is 2. The Balaban J connectivity index is 2.69. The summed E-state index contributed by atoms with van der Waals surface area (Å²) >= 11 is 3.30. The lowest BCUT2D eigenvalue weighted by Crippen LogP contribution is -2.44. The van der Waals surface area contributed by atoms with Crippen LogP contribution in [0, 0.1) is 0 Å². The number of nitrogens with two attached hydrogens (primary N) is 1. The molecule has 1 aromatic carbocycles. The SMILES string of the molecule is CCCC[C@@H](NC(=O)c1cccc(Br)c1)C(N)=O. The van der Waals surface area contributed by atoms with Gasteiger partial charge in [-0.05, 0) is 24.6 Å². The molecule has 0 heterocycles. The minimum atomic E-state index is -0.601. The van der Waals surface area contributed by atoms with E-state index in [0.29, 0.717) is 12.0 Å². The molecular weight excluding hydrogens is 296 g/mol. The van der Waals surface area contributed by atoms with E-state index in [2.05, 4.69) is 21.2 Å². The van der Waals surface area contributed by atoms with Crippen molar-refractivity contribution in [3.05, 3.63) is 34.3 Å². The molecule has 4 nitrogen and oxygen atoms in total. The lowest BCUT2D eigenvalue weighted by atomic mass is 10.1. The highest BCUT2D eigenvalue weighted by molar-refractivity contribution is 9.10. The van der Waals surface area contributed by atoms with Gasteiger partial charge < -0.3 is 11.1 Å². The standard InChI is InChI=1S/C13H17BrN2O2/c1-2-3-7-11(12(15)17)16-13(18)9-5-4-6-10(14)8-9/h4-6,8,11H,2-3,7H2,1H3,(H2,15,17)(H,16,18)/t11-/m1/s1. The Kier molecular flexibility index (Phi) is 5.85. The van der Waals surface area contributed by atoms with Gasteiger partial charge in [-0.2, -0.15) is 0 Å². The lowest BCUT2D eigenvalue weighted by Gasteiger charge is -2.15. The van der Waals surface area contributed by atoms with Gasteiger partial charge in [0.2, 0.25) is 5.91 Å². The van der Waals surface area contributed by atoms with Gasteiger partial charge in [-0.3, -0.25) is 9.59 Å². The van der Waals surface area contributed by atoms with E-state index in [0.717, 1.165) is 17.3 Å². The summed E-state index contributed by atoms with van der Waals surface area (Å²) in [5.74, 6) is -0.775. The Morgan fingerprint density at radius 2 is 2.17 bits per heavy atom. The molecule has 0 radical (unpaired) electrons. The summed E-state index contributed by atoms with van der Waals surface area (Å²) < 4.78 is 0.819. The van der Waals surface area contributed by atoms with E-state index in [1.54, 1.807) is 18.2 Å². The van der Waals surface area contributed by atoms with Crippen molar-refractivity contribution in [2.75, 3.05) is 0 Å². The third kappa shape index (κ3) is 4.49. The number of carbonyl (C=O) groups is 2. The van der Waals surface area contributed by atoms with E-state index in [4.69, 9.17) is 5.73 Å². The number of halogens is 1. The second-order valence-electron chi connectivity index (χ2n) is 4.08. The summed E-state index contributed by atoms with van der Waals surface area (Å²) in [5, 5.41) is 2.66. The fourth-order valence-corrected chi connectivity index (χ4v) is 1.96. The Morgan fingerprint density at radius 1 is 1.44 bits per heavy atom. The molecule has 0 aliphatic carbocycles. The average molecular weight is 313 g/mol. The van der Waals surface area contributed by atoms with Crippen LogP contribution in [0.25, 0.3) is 0 Å². The molecular formula is C13H17BrN2O2. The highest BCUT2D eigenvalue weighted by atomic mass is 79.9. The van der Waals surface area contributed by atoms with E-state index in [9.17, 15) is 9.59 Å². The van der Waals surface area contributed by atoms with Gasteiger partial charge in [0.1, 0.15) is 6.04 Å². The summed E-state index contributed by atoms with van der Waals surface area (Å²) in [4.78, 5) is 23.2. The first-order valence-corrected chi connectivity index (χ1v) is 6.69. The molecule has 18 heavy (non-hydrogen) atoms. The first-order valence-electron chi connectivity index (χ1n) is 5.90. The molecule has 1 atom stereocenters. The van der Waals surface area contributed by atoms with Crippen molar-refractivity contribution in [1.29, 1.82) is 0 Å². The fraction of sp³-hybridized carbons (Fsp3) is 0.385. The third-order valence-corrected chi connectivity index (χ3v) is 3.08. The maximum absolute atomic E-state index is 11.9. The summed E-state index contributed by atoms with van der Waals surface area (Å²) in [6.07, 6.45) is 2.38. The molecule has 98 valence electrons. The molecule has 0 aliphatic heterocycles. The molecule has 0 fully saturated rings. The van der Waals surface area contributed by atoms with Gasteiger partial charge in [0.25, 0.3) is 5.91 Å². The van der Waals surface area contributed by atoms with Crippen molar-refractivity contribution < 1.29 is 9.59 Å². The number of primary amides is 1.